The number of hydrogen-bond acceptors (Lipinski definition) is 5. The van der Waals surface area contributed by atoms with Crippen molar-refractivity contribution in [3.8, 4) is 22.9 Å². The van der Waals surface area contributed by atoms with Crippen molar-refractivity contribution in [1.29, 1.82) is 0 Å². The molecular formula is C21H18N4O. The molecule has 5 heteroatoms. The van der Waals surface area contributed by atoms with Crippen LogP contribution in [0.2, 0.25) is 0 Å². The molecule has 2 aromatic carbocycles. The first-order chi connectivity index (χ1) is 12.6. The summed E-state index contributed by atoms with van der Waals surface area (Å²) in [5, 5.41) is 0.861. The molecule has 0 amide bonds. The predicted molar refractivity (Wildman–Crippen MR) is 103 cm³/mol. The molecule has 4 rings (SSSR count). The molecule has 0 aliphatic rings. The second-order valence-electron chi connectivity index (χ2n) is 6.17. The maximum atomic E-state index is 6.09. The first kappa shape index (κ1) is 16.0. The van der Waals surface area contributed by atoms with Gasteiger partial charge in [-0.15, -0.1) is 0 Å². The molecule has 0 saturated heterocycles. The zero-order valence-electron chi connectivity index (χ0n) is 14.6. The van der Waals surface area contributed by atoms with Crippen LogP contribution in [0.25, 0.3) is 22.3 Å². The standard InChI is InChI=1S/C21H18N4O/c1-13-11-15(8-10-19(13)26-16-9-7-14(2)23-12-16)21-24-18-6-4-3-5-17(18)20(22)25-21/h3-12H,1-2H3,(H2,22,24,25). The fraction of sp³-hybridized carbons (Fsp3) is 0.0952. The Labute approximate surface area is 151 Å². The second kappa shape index (κ2) is 6.44. The summed E-state index contributed by atoms with van der Waals surface area (Å²) in [7, 11) is 0. The van der Waals surface area contributed by atoms with Gasteiger partial charge >= 0.3 is 0 Å². The first-order valence-electron chi connectivity index (χ1n) is 8.34. The maximum Gasteiger partial charge on any atom is 0.162 e. The Balaban J connectivity index is 1.68. The van der Waals surface area contributed by atoms with E-state index < -0.39 is 0 Å². The van der Waals surface area contributed by atoms with E-state index in [1.165, 1.54) is 0 Å². The van der Waals surface area contributed by atoms with E-state index in [4.69, 9.17) is 10.5 Å². The molecule has 0 fully saturated rings. The first-order valence-corrected chi connectivity index (χ1v) is 8.34. The molecule has 0 atom stereocenters. The number of nitrogen functional groups attached to an aromatic ring is 1. The van der Waals surface area contributed by atoms with Crippen LogP contribution in [0.4, 0.5) is 5.82 Å². The van der Waals surface area contributed by atoms with Crippen molar-refractivity contribution >= 4 is 16.7 Å². The lowest BCUT2D eigenvalue weighted by Crippen LogP contribution is -1.98. The predicted octanol–water partition coefficient (Wildman–Crippen LogP) is 4.68. The van der Waals surface area contributed by atoms with Crippen molar-refractivity contribution in [2.45, 2.75) is 13.8 Å². The number of fused-ring (bicyclic) bond motifs is 1. The third-order valence-electron chi connectivity index (χ3n) is 4.18. The number of para-hydroxylation sites is 1. The highest BCUT2D eigenvalue weighted by Gasteiger charge is 2.10. The molecule has 26 heavy (non-hydrogen) atoms. The fourth-order valence-electron chi connectivity index (χ4n) is 2.77. The van der Waals surface area contributed by atoms with Crippen LogP contribution in [0.15, 0.2) is 60.8 Å². The smallest absolute Gasteiger partial charge is 0.162 e. The molecule has 5 nitrogen and oxygen atoms in total. The van der Waals surface area contributed by atoms with Crippen molar-refractivity contribution in [1.82, 2.24) is 15.0 Å². The Morgan fingerprint density at radius 1 is 0.923 bits per heavy atom. The Kier molecular flexibility index (Phi) is 3.97. The highest BCUT2D eigenvalue weighted by Crippen LogP contribution is 2.29. The van der Waals surface area contributed by atoms with E-state index in [1.54, 1.807) is 6.20 Å². The van der Waals surface area contributed by atoms with Gasteiger partial charge in [-0.05, 0) is 61.9 Å². The van der Waals surface area contributed by atoms with Gasteiger partial charge in [0.25, 0.3) is 0 Å². The van der Waals surface area contributed by atoms with Gasteiger partial charge in [0.05, 0.1) is 11.7 Å². The van der Waals surface area contributed by atoms with Gasteiger partial charge in [0.1, 0.15) is 17.3 Å². The van der Waals surface area contributed by atoms with Crippen LogP contribution in [0.3, 0.4) is 0 Å². The van der Waals surface area contributed by atoms with E-state index in [0.717, 1.165) is 33.5 Å². The second-order valence-corrected chi connectivity index (χ2v) is 6.17. The minimum atomic E-state index is 0.481. The maximum absolute atomic E-state index is 6.09. The van der Waals surface area contributed by atoms with E-state index in [1.807, 2.05) is 68.4 Å². The molecule has 0 aliphatic heterocycles. The number of anilines is 1. The van der Waals surface area contributed by atoms with Crippen molar-refractivity contribution in [3.63, 3.8) is 0 Å². The molecule has 0 unspecified atom stereocenters. The largest absolute Gasteiger partial charge is 0.455 e. The van der Waals surface area contributed by atoms with Gasteiger partial charge in [-0.2, -0.15) is 0 Å². The minimum absolute atomic E-state index is 0.481. The summed E-state index contributed by atoms with van der Waals surface area (Å²) in [6.45, 7) is 3.93. The quantitative estimate of drug-likeness (QED) is 0.585. The summed E-state index contributed by atoms with van der Waals surface area (Å²) >= 11 is 0. The van der Waals surface area contributed by atoms with Crippen molar-refractivity contribution in [2.24, 2.45) is 0 Å². The molecule has 4 aromatic rings. The third kappa shape index (κ3) is 3.07. The number of nitrogens with zero attached hydrogens (tertiary/aromatic N) is 3. The van der Waals surface area contributed by atoms with Crippen LogP contribution >= 0.6 is 0 Å². The highest BCUT2D eigenvalue weighted by atomic mass is 16.5. The average molecular weight is 342 g/mol. The molecule has 0 bridgehead atoms. The molecular weight excluding hydrogens is 324 g/mol. The molecule has 2 N–H and O–H groups in total. The minimum Gasteiger partial charge on any atom is -0.455 e. The van der Waals surface area contributed by atoms with Gasteiger partial charge in [-0.1, -0.05) is 12.1 Å². The van der Waals surface area contributed by atoms with E-state index in [-0.39, 0.29) is 0 Å². The van der Waals surface area contributed by atoms with Gasteiger partial charge in [0.2, 0.25) is 0 Å². The number of aromatic nitrogens is 3. The van der Waals surface area contributed by atoms with Gasteiger partial charge in [0.15, 0.2) is 5.82 Å². The zero-order valence-corrected chi connectivity index (χ0v) is 14.6. The number of aryl methyl sites for hydroxylation is 2. The van der Waals surface area contributed by atoms with Crippen LogP contribution in [0, 0.1) is 13.8 Å². The summed E-state index contributed by atoms with van der Waals surface area (Å²) in [4.78, 5) is 13.3. The van der Waals surface area contributed by atoms with E-state index >= 15 is 0 Å². The average Bonchev–Trinajstić information content (AvgIpc) is 2.65. The number of rotatable bonds is 3. The fourth-order valence-corrected chi connectivity index (χ4v) is 2.77. The Morgan fingerprint density at radius 2 is 1.77 bits per heavy atom. The van der Waals surface area contributed by atoms with E-state index in [9.17, 15) is 0 Å². The van der Waals surface area contributed by atoms with Gasteiger partial charge in [-0.3, -0.25) is 4.98 Å². The summed E-state index contributed by atoms with van der Waals surface area (Å²) in [5.41, 5.74) is 9.76. The molecule has 2 heterocycles. The van der Waals surface area contributed by atoms with Crippen LogP contribution in [0.1, 0.15) is 11.3 Å². The lowest BCUT2D eigenvalue weighted by molar-refractivity contribution is 0.476. The van der Waals surface area contributed by atoms with Crippen molar-refractivity contribution in [3.05, 3.63) is 72.1 Å². The molecule has 2 aromatic heterocycles. The van der Waals surface area contributed by atoms with Gasteiger partial charge in [0, 0.05) is 16.6 Å². The number of benzene rings is 2. The summed E-state index contributed by atoms with van der Waals surface area (Å²) in [5.74, 6) is 2.56. The van der Waals surface area contributed by atoms with E-state index in [2.05, 4.69) is 15.0 Å². The summed E-state index contributed by atoms with van der Waals surface area (Å²) in [6, 6.07) is 17.4. The topological polar surface area (TPSA) is 73.9 Å². The Hall–Kier alpha value is -3.47. The summed E-state index contributed by atoms with van der Waals surface area (Å²) < 4.78 is 5.92. The lowest BCUT2D eigenvalue weighted by atomic mass is 10.1. The SMILES string of the molecule is Cc1ccc(Oc2ccc(-c3nc(N)c4ccccc4n3)cc2C)cn1. The van der Waals surface area contributed by atoms with E-state index in [0.29, 0.717) is 17.4 Å². The number of nitrogens with two attached hydrogens (primary N) is 1. The van der Waals surface area contributed by atoms with Crippen LogP contribution < -0.4 is 10.5 Å². The number of hydrogen-bond donors (Lipinski definition) is 1. The van der Waals surface area contributed by atoms with Gasteiger partial charge in [-0.25, -0.2) is 9.97 Å². The highest BCUT2D eigenvalue weighted by molar-refractivity contribution is 5.89. The summed E-state index contributed by atoms with van der Waals surface area (Å²) in [6.07, 6.45) is 1.72. The van der Waals surface area contributed by atoms with Crippen LogP contribution in [-0.2, 0) is 0 Å². The van der Waals surface area contributed by atoms with Crippen LogP contribution in [-0.4, -0.2) is 15.0 Å². The number of pyridine rings is 1. The Morgan fingerprint density at radius 3 is 2.54 bits per heavy atom. The van der Waals surface area contributed by atoms with Crippen molar-refractivity contribution < 1.29 is 4.74 Å². The normalized spacial score (nSPS) is 10.8. The monoisotopic (exact) mass is 342 g/mol. The molecule has 128 valence electrons. The molecule has 0 saturated carbocycles. The number of ether oxygens (including phenoxy) is 1. The molecule has 0 spiro atoms. The third-order valence-corrected chi connectivity index (χ3v) is 4.18. The van der Waals surface area contributed by atoms with Gasteiger partial charge < -0.3 is 10.5 Å². The van der Waals surface area contributed by atoms with Crippen LogP contribution in [0.5, 0.6) is 11.5 Å². The lowest BCUT2D eigenvalue weighted by Gasteiger charge is -2.11. The Bertz CT molecular complexity index is 1090. The molecule has 0 radical (unpaired) electrons. The zero-order chi connectivity index (χ0) is 18.1. The van der Waals surface area contributed by atoms with Crippen molar-refractivity contribution in [2.75, 3.05) is 5.73 Å². The molecule has 0 aliphatic carbocycles.